The smallest absolute Gasteiger partial charge is 0.317 e. The van der Waals surface area contributed by atoms with Gasteiger partial charge in [0.2, 0.25) is 0 Å². The van der Waals surface area contributed by atoms with Crippen molar-refractivity contribution in [2.24, 2.45) is 0 Å². The van der Waals surface area contributed by atoms with Gasteiger partial charge in [0, 0.05) is 11.6 Å². The number of fused-ring (bicyclic) bond motifs is 1. The second-order valence-electron chi connectivity index (χ2n) is 3.72. The van der Waals surface area contributed by atoms with Gasteiger partial charge in [-0.2, -0.15) is 9.61 Å². The van der Waals surface area contributed by atoms with E-state index in [0.717, 1.165) is 5.56 Å². The lowest BCUT2D eigenvalue weighted by Crippen LogP contribution is -2.18. The lowest BCUT2D eigenvalue weighted by molar-refractivity contribution is 0.628. The Kier molecular flexibility index (Phi) is 2.34. The maximum absolute atomic E-state index is 12.8. The van der Waals surface area contributed by atoms with Crippen LogP contribution in [0.4, 0.5) is 4.39 Å². The molecule has 2 N–H and O–H groups in total. The van der Waals surface area contributed by atoms with E-state index >= 15 is 0 Å². The average molecular weight is 262 g/mol. The zero-order valence-corrected chi connectivity index (χ0v) is 9.79. The molecule has 0 atom stereocenters. The number of aromatic amines is 2. The van der Waals surface area contributed by atoms with E-state index in [0.29, 0.717) is 11.3 Å². The van der Waals surface area contributed by atoms with Gasteiger partial charge in [0.25, 0.3) is 0 Å². The number of halogens is 1. The molecule has 1 aromatic carbocycles. The Labute approximate surface area is 105 Å². The highest BCUT2D eigenvalue weighted by Gasteiger charge is 2.06. The predicted molar refractivity (Wildman–Crippen MR) is 66.4 cm³/mol. The van der Waals surface area contributed by atoms with Gasteiger partial charge in [0.05, 0.1) is 5.69 Å². The molecular formula is C11H7FN4OS. The van der Waals surface area contributed by atoms with Crippen LogP contribution < -0.4 is 5.69 Å². The molecule has 0 amide bonds. The molecule has 0 saturated heterocycles. The average Bonchev–Trinajstić information content (AvgIpc) is 2.74. The van der Waals surface area contributed by atoms with E-state index in [4.69, 9.17) is 12.2 Å². The number of hydrogen-bond donors (Lipinski definition) is 2. The van der Waals surface area contributed by atoms with Crippen LogP contribution in [-0.2, 0) is 0 Å². The quantitative estimate of drug-likeness (QED) is 0.658. The summed E-state index contributed by atoms with van der Waals surface area (Å²) in [6.07, 6.45) is 0. The Bertz CT molecular complexity index is 831. The van der Waals surface area contributed by atoms with E-state index < -0.39 is 5.69 Å². The van der Waals surface area contributed by atoms with E-state index in [1.165, 1.54) is 16.6 Å². The molecule has 3 aromatic rings. The molecule has 3 rings (SSSR count). The van der Waals surface area contributed by atoms with Gasteiger partial charge in [-0.15, -0.1) is 0 Å². The van der Waals surface area contributed by atoms with Crippen molar-refractivity contribution in [2.75, 3.05) is 0 Å². The van der Waals surface area contributed by atoms with Crippen LogP contribution in [0, 0.1) is 10.6 Å². The SMILES string of the molecule is O=c1[nH]c(=S)[nH]c2cc(-c3ccc(F)cc3)nn12. The Morgan fingerprint density at radius 1 is 1.22 bits per heavy atom. The molecule has 0 saturated carbocycles. The van der Waals surface area contributed by atoms with E-state index in [9.17, 15) is 9.18 Å². The number of nitrogens with zero attached hydrogens (tertiary/aromatic N) is 2. The van der Waals surface area contributed by atoms with Crippen molar-refractivity contribution in [1.29, 1.82) is 0 Å². The first kappa shape index (κ1) is 10.8. The molecule has 2 heterocycles. The fourth-order valence-electron chi connectivity index (χ4n) is 1.68. The van der Waals surface area contributed by atoms with Gasteiger partial charge in [-0.3, -0.25) is 4.98 Å². The summed E-state index contributed by atoms with van der Waals surface area (Å²) in [5, 5.41) is 4.13. The highest BCUT2D eigenvalue weighted by molar-refractivity contribution is 7.71. The third-order valence-electron chi connectivity index (χ3n) is 2.50. The molecule has 0 aliphatic carbocycles. The fourth-order valence-corrected chi connectivity index (χ4v) is 1.88. The normalized spacial score (nSPS) is 10.9. The number of aromatic nitrogens is 4. The molecule has 0 spiro atoms. The number of benzene rings is 1. The third-order valence-corrected chi connectivity index (χ3v) is 2.71. The van der Waals surface area contributed by atoms with E-state index in [-0.39, 0.29) is 10.6 Å². The fraction of sp³-hybridized carbons (Fsp3) is 0. The lowest BCUT2D eigenvalue weighted by atomic mass is 10.1. The van der Waals surface area contributed by atoms with Crippen LogP contribution in [0.5, 0.6) is 0 Å². The van der Waals surface area contributed by atoms with Crippen molar-refractivity contribution >= 4 is 17.9 Å². The van der Waals surface area contributed by atoms with Crippen LogP contribution in [0.1, 0.15) is 0 Å². The molecule has 0 aliphatic rings. The Morgan fingerprint density at radius 3 is 2.67 bits per heavy atom. The number of rotatable bonds is 1. The molecule has 0 aliphatic heterocycles. The van der Waals surface area contributed by atoms with Crippen molar-refractivity contribution < 1.29 is 4.39 Å². The maximum Gasteiger partial charge on any atom is 0.350 e. The van der Waals surface area contributed by atoms with E-state index in [1.807, 2.05) is 0 Å². The maximum atomic E-state index is 12.8. The first-order chi connectivity index (χ1) is 8.63. The highest BCUT2D eigenvalue weighted by Crippen LogP contribution is 2.18. The molecule has 0 bridgehead atoms. The van der Waals surface area contributed by atoms with Gasteiger partial charge >= 0.3 is 5.69 Å². The van der Waals surface area contributed by atoms with Crippen LogP contribution >= 0.6 is 12.2 Å². The van der Waals surface area contributed by atoms with Gasteiger partial charge in [-0.25, -0.2) is 9.18 Å². The van der Waals surface area contributed by atoms with Gasteiger partial charge in [0.1, 0.15) is 11.5 Å². The molecule has 5 nitrogen and oxygen atoms in total. The van der Waals surface area contributed by atoms with Crippen LogP contribution in [0.25, 0.3) is 16.9 Å². The van der Waals surface area contributed by atoms with Crippen molar-refractivity contribution in [1.82, 2.24) is 19.6 Å². The van der Waals surface area contributed by atoms with E-state index in [2.05, 4.69) is 15.1 Å². The van der Waals surface area contributed by atoms with Gasteiger partial charge in [-0.05, 0) is 36.5 Å². The molecule has 2 aromatic heterocycles. The summed E-state index contributed by atoms with van der Waals surface area (Å²) in [5.41, 5.74) is 1.36. The largest absolute Gasteiger partial charge is 0.350 e. The molecule has 0 radical (unpaired) electrons. The van der Waals surface area contributed by atoms with Crippen LogP contribution in [0.3, 0.4) is 0 Å². The minimum Gasteiger partial charge on any atom is -0.317 e. The second kappa shape index (κ2) is 3.88. The monoisotopic (exact) mass is 262 g/mol. The van der Waals surface area contributed by atoms with Crippen LogP contribution in [0.15, 0.2) is 35.1 Å². The Balaban J connectivity index is 2.25. The summed E-state index contributed by atoms with van der Waals surface area (Å²) in [5.74, 6) is -0.320. The second-order valence-corrected chi connectivity index (χ2v) is 4.13. The summed E-state index contributed by atoms with van der Waals surface area (Å²) in [4.78, 5) is 16.8. The van der Waals surface area contributed by atoms with Crippen molar-refractivity contribution in [2.45, 2.75) is 0 Å². The lowest BCUT2D eigenvalue weighted by Gasteiger charge is -1.94. The summed E-state index contributed by atoms with van der Waals surface area (Å²) in [7, 11) is 0. The summed E-state index contributed by atoms with van der Waals surface area (Å²) < 4.78 is 14.2. The van der Waals surface area contributed by atoms with Crippen LogP contribution in [-0.4, -0.2) is 19.6 Å². The summed E-state index contributed by atoms with van der Waals surface area (Å²) in [6, 6.07) is 7.55. The standard InChI is InChI=1S/C11H7FN4OS/c12-7-3-1-6(2-4-7)8-5-9-13-10(18)14-11(17)16(9)15-8/h1-5H,(H2,13,14,17,18). The summed E-state index contributed by atoms with van der Waals surface area (Å²) in [6.45, 7) is 0. The Hall–Kier alpha value is -2.28. The third kappa shape index (κ3) is 1.74. The molecule has 90 valence electrons. The molecular weight excluding hydrogens is 255 g/mol. The molecule has 0 fully saturated rings. The van der Waals surface area contributed by atoms with Gasteiger partial charge in [-0.1, -0.05) is 0 Å². The number of hydrogen-bond acceptors (Lipinski definition) is 3. The van der Waals surface area contributed by atoms with Crippen molar-refractivity contribution in [3.8, 4) is 11.3 Å². The minimum atomic E-state index is -0.415. The Morgan fingerprint density at radius 2 is 1.94 bits per heavy atom. The minimum absolute atomic E-state index is 0.234. The van der Waals surface area contributed by atoms with Gasteiger partial charge < -0.3 is 4.98 Å². The zero-order chi connectivity index (χ0) is 12.7. The van der Waals surface area contributed by atoms with Crippen molar-refractivity contribution in [3.05, 3.63) is 51.4 Å². The predicted octanol–water partition coefficient (Wildman–Crippen LogP) is 1.89. The topological polar surface area (TPSA) is 66.0 Å². The number of nitrogens with one attached hydrogen (secondary N) is 2. The molecule has 7 heteroatoms. The summed E-state index contributed by atoms with van der Waals surface area (Å²) >= 11 is 4.87. The van der Waals surface area contributed by atoms with E-state index in [1.54, 1.807) is 18.2 Å². The highest BCUT2D eigenvalue weighted by atomic mass is 32.1. The molecule has 0 unspecified atom stereocenters. The zero-order valence-electron chi connectivity index (χ0n) is 8.98. The number of H-pyrrole nitrogens is 2. The first-order valence-corrected chi connectivity index (χ1v) is 5.53. The van der Waals surface area contributed by atoms with Crippen molar-refractivity contribution in [3.63, 3.8) is 0 Å². The van der Waals surface area contributed by atoms with Gasteiger partial charge in [0.15, 0.2) is 4.77 Å². The van der Waals surface area contributed by atoms with Crippen LogP contribution in [0.2, 0.25) is 0 Å². The first-order valence-electron chi connectivity index (χ1n) is 5.12. The molecule has 18 heavy (non-hydrogen) atoms.